The fraction of sp³-hybridized carbons (Fsp3) is 0.333. The molecule has 8 heteroatoms. The van der Waals surface area contributed by atoms with Crippen molar-refractivity contribution in [3.05, 3.63) is 53.1 Å². The van der Waals surface area contributed by atoms with Crippen LogP contribution in [-0.2, 0) is 11.2 Å². The van der Waals surface area contributed by atoms with Gasteiger partial charge in [-0.25, -0.2) is 4.68 Å². The third kappa shape index (κ3) is 3.74. The predicted octanol–water partition coefficient (Wildman–Crippen LogP) is 2.00. The lowest BCUT2D eigenvalue weighted by Gasteiger charge is -2.14. The number of hydrogen-bond acceptors (Lipinski definition) is 5. The maximum absolute atomic E-state index is 12.2. The Hall–Kier alpha value is -3.16. The summed E-state index contributed by atoms with van der Waals surface area (Å²) < 4.78 is 1.91. The molecule has 1 aromatic carbocycles. The highest BCUT2D eigenvalue weighted by Gasteiger charge is 2.17. The SMILES string of the molecule is Cc1ccccc1-n1ncc(C(C)NC(=O)CCc2nc(N)n[nH]2)c1C. The van der Waals surface area contributed by atoms with Gasteiger partial charge in [-0.3, -0.25) is 9.89 Å². The van der Waals surface area contributed by atoms with E-state index in [1.54, 1.807) is 0 Å². The topological polar surface area (TPSA) is 115 Å². The van der Waals surface area contributed by atoms with Crippen molar-refractivity contribution in [1.82, 2.24) is 30.3 Å². The van der Waals surface area contributed by atoms with Gasteiger partial charge < -0.3 is 11.1 Å². The maximum Gasteiger partial charge on any atom is 0.239 e. The Morgan fingerprint density at radius 1 is 1.35 bits per heavy atom. The molecule has 3 aromatic rings. The minimum absolute atomic E-state index is 0.0597. The number of para-hydroxylation sites is 1. The van der Waals surface area contributed by atoms with Gasteiger partial charge in [0.15, 0.2) is 0 Å². The molecule has 0 fully saturated rings. The van der Waals surface area contributed by atoms with Gasteiger partial charge in [-0.1, -0.05) is 18.2 Å². The van der Waals surface area contributed by atoms with Gasteiger partial charge in [-0.05, 0) is 32.4 Å². The number of nitrogens with one attached hydrogen (secondary N) is 2. The molecule has 8 nitrogen and oxygen atoms in total. The highest BCUT2D eigenvalue weighted by molar-refractivity contribution is 5.76. The molecule has 2 aromatic heterocycles. The van der Waals surface area contributed by atoms with E-state index in [9.17, 15) is 4.79 Å². The smallest absolute Gasteiger partial charge is 0.239 e. The molecule has 0 bridgehead atoms. The Morgan fingerprint density at radius 3 is 2.81 bits per heavy atom. The zero-order chi connectivity index (χ0) is 18.7. The molecule has 0 radical (unpaired) electrons. The van der Waals surface area contributed by atoms with Crippen molar-refractivity contribution in [2.24, 2.45) is 0 Å². The van der Waals surface area contributed by atoms with Crippen LogP contribution in [0.5, 0.6) is 0 Å². The largest absolute Gasteiger partial charge is 0.367 e. The zero-order valence-corrected chi connectivity index (χ0v) is 15.2. The van der Waals surface area contributed by atoms with E-state index in [0.717, 1.165) is 22.5 Å². The Labute approximate surface area is 151 Å². The van der Waals surface area contributed by atoms with Gasteiger partial charge in [0.1, 0.15) is 5.82 Å². The van der Waals surface area contributed by atoms with E-state index in [1.165, 1.54) is 0 Å². The van der Waals surface area contributed by atoms with E-state index >= 15 is 0 Å². The van der Waals surface area contributed by atoms with E-state index < -0.39 is 0 Å². The van der Waals surface area contributed by atoms with Gasteiger partial charge in [-0.15, -0.1) is 5.10 Å². The summed E-state index contributed by atoms with van der Waals surface area (Å²) in [5.41, 5.74) is 9.64. The molecular weight excluding hydrogens is 330 g/mol. The Bertz CT molecular complexity index is 912. The first-order chi connectivity index (χ1) is 12.5. The number of rotatable bonds is 6. The van der Waals surface area contributed by atoms with Crippen LogP contribution in [0, 0.1) is 13.8 Å². The summed E-state index contributed by atoms with van der Waals surface area (Å²) in [5.74, 6) is 0.734. The number of hydrogen-bond donors (Lipinski definition) is 3. The number of benzene rings is 1. The van der Waals surface area contributed by atoms with Gasteiger partial charge >= 0.3 is 0 Å². The van der Waals surface area contributed by atoms with Crippen LogP contribution in [0.25, 0.3) is 5.69 Å². The minimum Gasteiger partial charge on any atom is -0.367 e. The maximum atomic E-state index is 12.2. The summed E-state index contributed by atoms with van der Waals surface area (Å²) in [6.07, 6.45) is 2.58. The average Bonchev–Trinajstić information content (AvgIpc) is 3.19. The van der Waals surface area contributed by atoms with E-state index in [2.05, 4.69) is 38.6 Å². The number of aromatic amines is 1. The van der Waals surface area contributed by atoms with Gasteiger partial charge in [0.2, 0.25) is 11.9 Å². The molecule has 136 valence electrons. The normalized spacial score (nSPS) is 12.1. The molecule has 0 aliphatic heterocycles. The second-order valence-electron chi connectivity index (χ2n) is 6.31. The summed E-state index contributed by atoms with van der Waals surface area (Å²) >= 11 is 0. The zero-order valence-electron chi connectivity index (χ0n) is 15.2. The second-order valence-corrected chi connectivity index (χ2v) is 6.31. The monoisotopic (exact) mass is 353 g/mol. The number of nitrogens with two attached hydrogens (primary N) is 1. The van der Waals surface area contributed by atoms with Gasteiger partial charge in [0.25, 0.3) is 0 Å². The van der Waals surface area contributed by atoms with Crippen LogP contribution in [0.2, 0.25) is 0 Å². The fourth-order valence-corrected chi connectivity index (χ4v) is 2.94. The lowest BCUT2D eigenvalue weighted by Crippen LogP contribution is -2.27. The van der Waals surface area contributed by atoms with E-state index in [-0.39, 0.29) is 17.9 Å². The van der Waals surface area contributed by atoms with Crippen molar-refractivity contribution in [2.75, 3.05) is 5.73 Å². The lowest BCUT2D eigenvalue weighted by atomic mass is 10.1. The number of carbonyl (C=O) groups excluding carboxylic acids is 1. The number of nitrogen functional groups attached to an aromatic ring is 1. The molecule has 4 N–H and O–H groups in total. The highest BCUT2D eigenvalue weighted by Crippen LogP contribution is 2.22. The van der Waals surface area contributed by atoms with E-state index in [0.29, 0.717) is 18.7 Å². The van der Waals surface area contributed by atoms with Gasteiger partial charge in [0.05, 0.1) is 17.9 Å². The first-order valence-corrected chi connectivity index (χ1v) is 8.52. The Morgan fingerprint density at radius 2 is 2.12 bits per heavy atom. The number of nitrogens with zero attached hydrogens (tertiary/aromatic N) is 4. The van der Waals surface area contributed by atoms with Crippen molar-refractivity contribution in [2.45, 2.75) is 39.7 Å². The average molecular weight is 353 g/mol. The first-order valence-electron chi connectivity index (χ1n) is 8.52. The van der Waals surface area contributed by atoms with Crippen LogP contribution in [0.3, 0.4) is 0 Å². The van der Waals surface area contributed by atoms with Crippen LogP contribution in [0.4, 0.5) is 5.95 Å². The fourth-order valence-electron chi connectivity index (χ4n) is 2.94. The van der Waals surface area contributed by atoms with Crippen molar-refractivity contribution >= 4 is 11.9 Å². The second kappa shape index (κ2) is 7.38. The number of anilines is 1. The molecule has 0 spiro atoms. The molecule has 3 rings (SSSR count). The van der Waals surface area contributed by atoms with Crippen LogP contribution in [-0.4, -0.2) is 30.9 Å². The summed E-state index contributed by atoms with van der Waals surface area (Å²) in [4.78, 5) is 16.2. The van der Waals surface area contributed by atoms with Crippen molar-refractivity contribution in [1.29, 1.82) is 0 Å². The number of H-pyrrole nitrogens is 1. The van der Waals surface area contributed by atoms with Crippen LogP contribution < -0.4 is 11.1 Å². The van der Waals surface area contributed by atoms with Crippen LogP contribution >= 0.6 is 0 Å². The third-order valence-electron chi connectivity index (χ3n) is 4.37. The molecule has 0 saturated carbocycles. The van der Waals surface area contributed by atoms with E-state index in [1.807, 2.05) is 42.9 Å². The van der Waals surface area contributed by atoms with Crippen LogP contribution in [0.15, 0.2) is 30.5 Å². The van der Waals surface area contributed by atoms with Crippen LogP contribution in [0.1, 0.15) is 42.0 Å². The predicted molar refractivity (Wildman–Crippen MR) is 98.7 cm³/mol. The number of aryl methyl sites for hydroxylation is 2. The molecular formula is C18H23N7O. The molecule has 26 heavy (non-hydrogen) atoms. The summed E-state index contributed by atoms with van der Waals surface area (Å²) in [6.45, 7) is 6.02. The molecule has 2 heterocycles. The Balaban J connectivity index is 1.65. The van der Waals surface area contributed by atoms with E-state index in [4.69, 9.17) is 5.73 Å². The quantitative estimate of drug-likeness (QED) is 0.627. The molecule has 0 aliphatic carbocycles. The van der Waals surface area contributed by atoms with Crippen molar-refractivity contribution in [3.8, 4) is 5.69 Å². The highest BCUT2D eigenvalue weighted by atomic mass is 16.1. The summed E-state index contributed by atoms with van der Waals surface area (Å²) in [7, 11) is 0. The molecule has 1 unspecified atom stereocenters. The lowest BCUT2D eigenvalue weighted by molar-refractivity contribution is -0.121. The van der Waals surface area contributed by atoms with Crippen molar-refractivity contribution in [3.63, 3.8) is 0 Å². The molecule has 1 atom stereocenters. The minimum atomic E-state index is -0.139. The standard InChI is InChI=1S/C18H23N7O/c1-11-6-4-5-7-15(11)25-13(3)14(10-20-25)12(2)21-17(26)9-8-16-22-18(19)24-23-16/h4-7,10,12H,8-9H2,1-3H3,(H,21,26)(H3,19,22,23,24). The number of aromatic nitrogens is 5. The van der Waals surface area contributed by atoms with Crippen molar-refractivity contribution < 1.29 is 4.79 Å². The molecule has 1 amide bonds. The Kier molecular flexibility index (Phi) is 5.01. The first kappa shape index (κ1) is 17.7. The summed E-state index contributed by atoms with van der Waals surface area (Å²) in [5, 5.41) is 14.0. The summed E-state index contributed by atoms with van der Waals surface area (Å²) in [6, 6.07) is 7.94. The molecule has 0 saturated heterocycles. The molecule has 0 aliphatic rings. The van der Waals surface area contributed by atoms with Gasteiger partial charge in [-0.2, -0.15) is 10.1 Å². The third-order valence-corrected chi connectivity index (χ3v) is 4.37. The van der Waals surface area contributed by atoms with Gasteiger partial charge in [0, 0.05) is 24.1 Å². The number of amides is 1. The number of carbonyl (C=O) groups is 1.